The third-order valence-corrected chi connectivity index (χ3v) is 4.23. The number of hydrazone groups is 1. The van der Waals surface area contributed by atoms with Crippen molar-refractivity contribution in [1.82, 2.24) is 4.83 Å². The van der Waals surface area contributed by atoms with Crippen LogP contribution in [0.15, 0.2) is 52.5 Å². The number of hydrogen-bond donors (Lipinski definition) is 3. The average molecular weight is 357 g/mol. The van der Waals surface area contributed by atoms with E-state index in [0.29, 0.717) is 5.02 Å². The quantitative estimate of drug-likeness (QED) is 0.548. The van der Waals surface area contributed by atoms with Crippen LogP contribution in [0.2, 0.25) is 5.02 Å². The molecular weight excluding hydrogens is 346 g/mol. The van der Waals surface area contributed by atoms with Gasteiger partial charge in [0.1, 0.15) is 0 Å². The highest BCUT2D eigenvalue weighted by Crippen LogP contribution is 2.25. The number of para-hydroxylation sites is 1. The summed E-state index contributed by atoms with van der Waals surface area (Å²) in [5.74, 6) is -0.730. The summed E-state index contributed by atoms with van der Waals surface area (Å²) in [5, 5.41) is 33.1. The molecule has 0 aliphatic carbocycles. The maximum atomic E-state index is 12.0. The smallest absolute Gasteiger partial charge is 0.276 e. The number of halogens is 1. The van der Waals surface area contributed by atoms with Crippen molar-refractivity contribution in [3.8, 4) is 5.75 Å². The molecule has 2 aromatic rings. The third kappa shape index (κ3) is 4.11. The van der Waals surface area contributed by atoms with Gasteiger partial charge in [-0.2, -0.15) is 13.5 Å². The number of nitrogens with zero attached hydrogens (tertiary/aromatic N) is 2. The predicted octanol–water partition coefficient (Wildman–Crippen LogP) is 1.31. The van der Waals surface area contributed by atoms with Crippen LogP contribution in [0, 0.1) is 0 Å². The average Bonchev–Trinajstić information content (AvgIpc) is 2.49. The Morgan fingerprint density at radius 2 is 1.83 bits per heavy atom. The van der Waals surface area contributed by atoms with Gasteiger partial charge in [0, 0.05) is 5.02 Å². The van der Waals surface area contributed by atoms with Crippen molar-refractivity contribution >= 4 is 33.5 Å². The van der Waals surface area contributed by atoms with Gasteiger partial charge in [-0.15, -0.1) is 5.23 Å². The molecule has 0 aliphatic heterocycles. The fourth-order valence-electron chi connectivity index (χ4n) is 1.63. The summed E-state index contributed by atoms with van der Waals surface area (Å²) in [6.45, 7) is 0. The Kier molecular flexibility index (Phi) is 5.06. The molecular formula is C13H11ClN3O5S-. The van der Waals surface area contributed by atoms with Crippen molar-refractivity contribution in [1.29, 1.82) is 0 Å². The van der Waals surface area contributed by atoms with Crippen molar-refractivity contribution < 1.29 is 23.9 Å². The molecule has 0 aromatic heterocycles. The lowest BCUT2D eigenvalue weighted by atomic mass is 10.2. The minimum absolute atomic E-state index is 0.0330. The molecule has 122 valence electrons. The molecule has 8 nitrogen and oxygen atoms in total. The van der Waals surface area contributed by atoms with Crippen LogP contribution in [-0.2, 0) is 10.0 Å². The second-order valence-corrected chi connectivity index (χ2v) is 6.39. The van der Waals surface area contributed by atoms with Gasteiger partial charge in [0.15, 0.2) is 0 Å². The molecule has 0 aliphatic rings. The number of hydrogen-bond acceptors (Lipinski definition) is 7. The Hall–Kier alpha value is -2.33. The van der Waals surface area contributed by atoms with Crippen molar-refractivity contribution in [3.63, 3.8) is 0 Å². The molecule has 0 fully saturated rings. The van der Waals surface area contributed by atoms with Crippen LogP contribution in [0.5, 0.6) is 5.75 Å². The van der Waals surface area contributed by atoms with Gasteiger partial charge >= 0.3 is 0 Å². The first-order valence-electron chi connectivity index (χ1n) is 6.09. The summed E-state index contributed by atoms with van der Waals surface area (Å²) in [6, 6.07) is 9.33. The SMILES string of the molecule is O=S(=O)(N/N=C/c1cccc(N(O)O)c1[O-])c1ccc(Cl)cc1. The molecule has 3 N–H and O–H groups in total. The van der Waals surface area contributed by atoms with E-state index in [4.69, 9.17) is 22.0 Å². The maximum absolute atomic E-state index is 12.0. The van der Waals surface area contributed by atoms with Crippen LogP contribution in [0.25, 0.3) is 0 Å². The number of nitrogens with one attached hydrogen (secondary N) is 1. The molecule has 2 rings (SSSR count). The Morgan fingerprint density at radius 1 is 1.17 bits per heavy atom. The minimum atomic E-state index is -3.90. The van der Waals surface area contributed by atoms with Gasteiger partial charge in [-0.05, 0) is 35.9 Å². The Labute approximate surface area is 136 Å². The van der Waals surface area contributed by atoms with Crippen LogP contribution in [0.4, 0.5) is 5.69 Å². The molecule has 0 heterocycles. The number of rotatable bonds is 5. The van der Waals surface area contributed by atoms with Crippen LogP contribution < -0.4 is 15.2 Å². The third-order valence-electron chi connectivity index (χ3n) is 2.74. The molecule has 0 radical (unpaired) electrons. The van der Waals surface area contributed by atoms with Gasteiger partial charge < -0.3 is 5.11 Å². The summed E-state index contributed by atoms with van der Waals surface area (Å²) in [6.07, 6.45) is 0.961. The fraction of sp³-hybridized carbons (Fsp3) is 0. The van der Waals surface area contributed by atoms with Gasteiger partial charge in [0.2, 0.25) is 0 Å². The van der Waals surface area contributed by atoms with E-state index in [1.807, 2.05) is 4.83 Å². The summed E-state index contributed by atoms with van der Waals surface area (Å²) < 4.78 is 23.9. The van der Waals surface area contributed by atoms with E-state index in [9.17, 15) is 13.5 Å². The van der Waals surface area contributed by atoms with E-state index in [1.165, 1.54) is 42.5 Å². The van der Waals surface area contributed by atoms with Crippen LogP contribution in [0.3, 0.4) is 0 Å². The van der Waals surface area contributed by atoms with Crippen LogP contribution in [0.1, 0.15) is 5.56 Å². The topological polar surface area (TPSA) is 125 Å². The van der Waals surface area contributed by atoms with Crippen LogP contribution >= 0.6 is 11.6 Å². The lowest BCUT2D eigenvalue weighted by Crippen LogP contribution is -2.18. The molecule has 10 heteroatoms. The first-order valence-corrected chi connectivity index (χ1v) is 7.96. The van der Waals surface area contributed by atoms with E-state index >= 15 is 0 Å². The molecule has 2 aromatic carbocycles. The first kappa shape index (κ1) is 17.0. The van der Waals surface area contributed by atoms with Gasteiger partial charge in [-0.25, -0.2) is 4.83 Å². The monoisotopic (exact) mass is 356 g/mol. The normalized spacial score (nSPS) is 11.6. The Morgan fingerprint density at radius 3 is 2.43 bits per heavy atom. The van der Waals surface area contributed by atoms with Gasteiger partial charge in [-0.1, -0.05) is 29.5 Å². The molecule has 0 amide bonds. The van der Waals surface area contributed by atoms with Crippen molar-refractivity contribution in [2.75, 3.05) is 5.23 Å². The predicted molar refractivity (Wildman–Crippen MR) is 81.3 cm³/mol. The zero-order valence-corrected chi connectivity index (χ0v) is 13.0. The standard InChI is InChI=1S/C13H12ClN3O5S/c14-10-4-6-11(7-5-10)23(21,22)16-15-8-9-2-1-3-12(13(9)18)17(19)20/h1-8,16,18-20H/p-1/b15-8+. The van der Waals surface area contributed by atoms with E-state index < -0.39 is 21.5 Å². The van der Waals surface area contributed by atoms with Gasteiger partial charge in [0.25, 0.3) is 10.0 Å². The molecule has 0 saturated heterocycles. The summed E-state index contributed by atoms with van der Waals surface area (Å²) in [7, 11) is -3.90. The number of benzene rings is 2. The molecule has 23 heavy (non-hydrogen) atoms. The summed E-state index contributed by atoms with van der Waals surface area (Å²) in [4.78, 5) is 1.89. The van der Waals surface area contributed by atoms with Gasteiger partial charge in [-0.3, -0.25) is 10.4 Å². The maximum Gasteiger partial charge on any atom is 0.276 e. The highest BCUT2D eigenvalue weighted by Gasteiger charge is 2.12. The lowest BCUT2D eigenvalue weighted by Gasteiger charge is -2.18. The van der Waals surface area contributed by atoms with Crippen molar-refractivity contribution in [3.05, 3.63) is 53.1 Å². The second kappa shape index (κ2) is 6.84. The molecule has 0 spiro atoms. The highest BCUT2D eigenvalue weighted by molar-refractivity contribution is 7.89. The zero-order chi connectivity index (χ0) is 17.0. The van der Waals surface area contributed by atoms with E-state index in [2.05, 4.69) is 5.10 Å². The molecule has 0 saturated carbocycles. The van der Waals surface area contributed by atoms with Gasteiger partial charge in [0.05, 0.1) is 16.8 Å². The summed E-state index contributed by atoms with van der Waals surface area (Å²) >= 11 is 5.68. The lowest BCUT2D eigenvalue weighted by molar-refractivity contribution is -0.268. The van der Waals surface area contributed by atoms with E-state index in [0.717, 1.165) is 6.21 Å². The minimum Gasteiger partial charge on any atom is -0.870 e. The van der Waals surface area contributed by atoms with Crippen LogP contribution in [-0.4, -0.2) is 25.0 Å². The Balaban J connectivity index is 2.19. The van der Waals surface area contributed by atoms with Crippen molar-refractivity contribution in [2.24, 2.45) is 5.10 Å². The highest BCUT2D eigenvalue weighted by atomic mass is 35.5. The number of sulfonamides is 1. The first-order chi connectivity index (χ1) is 10.8. The van der Waals surface area contributed by atoms with E-state index in [1.54, 1.807) is 0 Å². The molecule has 0 bridgehead atoms. The molecule has 0 unspecified atom stereocenters. The fourth-order valence-corrected chi connectivity index (χ4v) is 2.55. The number of anilines is 1. The largest absolute Gasteiger partial charge is 0.870 e. The summed E-state index contributed by atoms with van der Waals surface area (Å²) in [5.41, 5.74) is -0.427. The van der Waals surface area contributed by atoms with E-state index in [-0.39, 0.29) is 15.7 Å². The Bertz CT molecular complexity index is 822. The zero-order valence-electron chi connectivity index (χ0n) is 11.4. The second-order valence-electron chi connectivity index (χ2n) is 4.29. The van der Waals surface area contributed by atoms with Crippen molar-refractivity contribution in [2.45, 2.75) is 4.90 Å². The molecule has 0 atom stereocenters.